The molecule has 0 N–H and O–H groups in total. The van der Waals surface area contributed by atoms with Crippen LogP contribution in [-0.2, 0) is 6.54 Å². The van der Waals surface area contributed by atoms with Crippen molar-refractivity contribution in [3.8, 4) is 5.69 Å². The van der Waals surface area contributed by atoms with E-state index < -0.39 is 4.92 Å². The molecule has 0 saturated carbocycles. The summed E-state index contributed by atoms with van der Waals surface area (Å²) in [7, 11) is 0. The number of nitro benzene ring substituents is 1. The highest BCUT2D eigenvalue weighted by molar-refractivity contribution is 5.77. The zero-order chi connectivity index (χ0) is 18.8. The average molecular weight is 359 g/mol. The second-order valence-electron chi connectivity index (χ2n) is 6.01. The minimum atomic E-state index is -0.466. The Morgan fingerprint density at radius 2 is 1.67 bits per heavy atom. The van der Waals surface area contributed by atoms with Crippen LogP contribution >= 0.6 is 0 Å². The first kappa shape index (κ1) is 16.6. The Balaban J connectivity index is 1.93. The van der Waals surface area contributed by atoms with Crippen molar-refractivity contribution >= 4 is 16.6 Å². The number of pyridine rings is 1. The van der Waals surface area contributed by atoms with Gasteiger partial charge < -0.3 is 0 Å². The number of para-hydroxylation sites is 1. The van der Waals surface area contributed by atoms with Crippen molar-refractivity contribution in [1.29, 1.82) is 0 Å². The largest absolute Gasteiger partial charge is 0.269 e. The average Bonchev–Trinajstić information content (AvgIpc) is 2.69. The predicted molar refractivity (Wildman–Crippen MR) is 99.7 cm³/mol. The third-order valence-electron chi connectivity index (χ3n) is 4.27. The fourth-order valence-electron chi connectivity index (χ4n) is 2.98. The van der Waals surface area contributed by atoms with Crippen LogP contribution in [0.3, 0.4) is 0 Å². The van der Waals surface area contributed by atoms with Crippen LogP contribution in [0.5, 0.6) is 0 Å². The maximum Gasteiger partial charge on any atom is 0.269 e. The number of fused-ring (bicyclic) bond motifs is 1. The van der Waals surface area contributed by atoms with Crippen molar-refractivity contribution < 1.29 is 9.49 Å². The molecule has 0 spiro atoms. The Morgan fingerprint density at radius 3 is 2.37 bits per heavy atom. The van der Waals surface area contributed by atoms with E-state index in [9.17, 15) is 14.9 Å². The van der Waals surface area contributed by atoms with E-state index in [0.717, 1.165) is 0 Å². The first-order valence-electron chi connectivity index (χ1n) is 8.33. The zero-order valence-electron chi connectivity index (χ0n) is 14.2. The molecule has 0 aliphatic rings. The van der Waals surface area contributed by atoms with Gasteiger partial charge in [-0.15, -0.1) is 0 Å². The summed E-state index contributed by atoms with van der Waals surface area (Å²) in [6, 6.07) is 18.8. The van der Waals surface area contributed by atoms with Gasteiger partial charge in [-0.2, -0.15) is 4.57 Å². The highest BCUT2D eigenvalue weighted by Gasteiger charge is 2.16. The van der Waals surface area contributed by atoms with E-state index in [-0.39, 0.29) is 11.2 Å². The molecule has 132 valence electrons. The van der Waals surface area contributed by atoms with Crippen LogP contribution in [0.15, 0.2) is 83.9 Å². The Bertz CT molecular complexity index is 1190. The van der Waals surface area contributed by atoms with Gasteiger partial charge in [0.15, 0.2) is 18.2 Å². The Kier molecular flexibility index (Phi) is 4.18. The first-order chi connectivity index (χ1) is 13.1. The molecule has 0 aliphatic heterocycles. The van der Waals surface area contributed by atoms with E-state index in [2.05, 4.69) is 4.98 Å². The SMILES string of the molecule is O=c1c2ccccc2nc(C[n+]2ccccc2)n1-c1ccc([N+](=O)[O-])cc1. The number of hydrogen-bond donors (Lipinski definition) is 0. The summed E-state index contributed by atoms with van der Waals surface area (Å²) >= 11 is 0. The number of nitrogens with zero attached hydrogens (tertiary/aromatic N) is 4. The maximum atomic E-state index is 13.1. The third kappa shape index (κ3) is 3.18. The molecule has 7 heteroatoms. The van der Waals surface area contributed by atoms with Gasteiger partial charge in [0.25, 0.3) is 11.2 Å². The molecule has 0 radical (unpaired) electrons. The van der Waals surface area contributed by atoms with Gasteiger partial charge in [-0.1, -0.05) is 18.2 Å². The van der Waals surface area contributed by atoms with Crippen molar-refractivity contribution in [3.63, 3.8) is 0 Å². The molecule has 27 heavy (non-hydrogen) atoms. The van der Waals surface area contributed by atoms with E-state index in [0.29, 0.717) is 29.0 Å². The molecule has 0 aliphatic carbocycles. The summed E-state index contributed by atoms with van der Waals surface area (Å²) in [4.78, 5) is 28.3. The standard InChI is InChI=1S/C20H15N4O3/c25-20-17-6-2-3-7-18(17)21-19(14-22-12-4-1-5-13-22)23(20)15-8-10-16(11-9-15)24(26)27/h1-13H,14H2/q+1. The minimum absolute atomic E-state index is 0.0282. The molecular weight excluding hydrogens is 344 g/mol. The smallest absolute Gasteiger partial charge is 0.268 e. The van der Waals surface area contributed by atoms with Crippen LogP contribution in [0.1, 0.15) is 5.82 Å². The van der Waals surface area contributed by atoms with Gasteiger partial charge in [0.2, 0.25) is 6.54 Å². The maximum absolute atomic E-state index is 13.1. The third-order valence-corrected chi connectivity index (χ3v) is 4.27. The second-order valence-corrected chi connectivity index (χ2v) is 6.01. The van der Waals surface area contributed by atoms with Gasteiger partial charge in [0.05, 0.1) is 21.5 Å². The van der Waals surface area contributed by atoms with E-state index in [4.69, 9.17) is 0 Å². The number of benzene rings is 2. The molecule has 0 unspecified atom stereocenters. The molecule has 7 nitrogen and oxygen atoms in total. The van der Waals surface area contributed by atoms with E-state index >= 15 is 0 Å². The topological polar surface area (TPSA) is 81.9 Å². The van der Waals surface area contributed by atoms with Gasteiger partial charge in [-0.3, -0.25) is 19.5 Å². The molecule has 2 aromatic heterocycles. The van der Waals surface area contributed by atoms with Crippen molar-refractivity contribution in [1.82, 2.24) is 9.55 Å². The van der Waals surface area contributed by atoms with Crippen molar-refractivity contribution in [2.75, 3.05) is 0 Å². The van der Waals surface area contributed by atoms with Crippen molar-refractivity contribution in [2.45, 2.75) is 6.54 Å². The van der Waals surface area contributed by atoms with E-state index in [1.165, 1.54) is 16.7 Å². The summed E-state index contributed by atoms with van der Waals surface area (Å²) in [5, 5.41) is 11.4. The van der Waals surface area contributed by atoms with Crippen LogP contribution in [0.4, 0.5) is 5.69 Å². The molecule has 2 heterocycles. The number of non-ortho nitro benzene ring substituents is 1. The van der Waals surface area contributed by atoms with E-state index in [1.807, 2.05) is 41.2 Å². The summed E-state index contributed by atoms with van der Waals surface area (Å²) < 4.78 is 3.42. The highest BCUT2D eigenvalue weighted by atomic mass is 16.6. The molecule has 0 saturated heterocycles. The van der Waals surface area contributed by atoms with Crippen LogP contribution < -0.4 is 10.1 Å². The summed E-state index contributed by atoms with van der Waals surface area (Å²) in [5.74, 6) is 0.545. The van der Waals surface area contributed by atoms with Crippen LogP contribution in [0.25, 0.3) is 16.6 Å². The minimum Gasteiger partial charge on any atom is -0.268 e. The lowest BCUT2D eigenvalue weighted by molar-refractivity contribution is -0.689. The van der Waals surface area contributed by atoms with E-state index in [1.54, 1.807) is 30.3 Å². The van der Waals surface area contributed by atoms with Crippen molar-refractivity contribution in [3.05, 3.63) is 105 Å². The first-order valence-corrected chi connectivity index (χ1v) is 8.33. The lowest BCUT2D eigenvalue weighted by Crippen LogP contribution is -2.37. The fourth-order valence-corrected chi connectivity index (χ4v) is 2.98. The Morgan fingerprint density at radius 1 is 0.963 bits per heavy atom. The number of rotatable bonds is 4. The normalized spacial score (nSPS) is 10.8. The van der Waals surface area contributed by atoms with Crippen molar-refractivity contribution in [2.24, 2.45) is 0 Å². The molecule has 0 bridgehead atoms. The predicted octanol–water partition coefficient (Wildman–Crippen LogP) is 2.63. The molecular formula is C20H15N4O3+. The van der Waals surface area contributed by atoms with Gasteiger partial charge in [-0.25, -0.2) is 4.98 Å². The van der Waals surface area contributed by atoms with Gasteiger partial charge in [0.1, 0.15) is 0 Å². The van der Waals surface area contributed by atoms with Crippen LogP contribution in [-0.4, -0.2) is 14.5 Å². The molecule has 0 fully saturated rings. The Labute approximate surface area is 153 Å². The number of aromatic nitrogens is 3. The second kappa shape index (κ2) is 6.80. The molecule has 4 rings (SSSR count). The summed E-state index contributed by atoms with van der Waals surface area (Å²) in [5.41, 5.74) is 0.920. The van der Waals surface area contributed by atoms with Crippen LogP contribution in [0, 0.1) is 10.1 Å². The lowest BCUT2D eigenvalue weighted by Gasteiger charge is -2.12. The molecule has 4 aromatic rings. The quantitative estimate of drug-likeness (QED) is 0.319. The van der Waals surface area contributed by atoms with Crippen LogP contribution in [0.2, 0.25) is 0 Å². The Hall–Kier alpha value is -3.87. The van der Waals surface area contributed by atoms with Gasteiger partial charge in [0, 0.05) is 24.3 Å². The van der Waals surface area contributed by atoms with Gasteiger partial charge in [-0.05, 0) is 24.3 Å². The number of hydrogen-bond acceptors (Lipinski definition) is 4. The van der Waals surface area contributed by atoms with Gasteiger partial charge >= 0.3 is 0 Å². The summed E-state index contributed by atoms with van der Waals surface area (Å²) in [6.45, 7) is 0.387. The lowest BCUT2D eigenvalue weighted by atomic mass is 10.2. The molecule has 2 aromatic carbocycles. The fraction of sp³-hybridized carbons (Fsp3) is 0.0500. The number of nitro groups is 1. The molecule has 0 amide bonds. The monoisotopic (exact) mass is 359 g/mol. The molecule has 0 atom stereocenters. The highest BCUT2D eigenvalue weighted by Crippen LogP contribution is 2.17. The summed E-state index contributed by atoms with van der Waals surface area (Å²) in [6.07, 6.45) is 3.78. The zero-order valence-corrected chi connectivity index (χ0v) is 14.2.